The SMILES string of the molecule is CCc1c(N)ncnc1N1CCCN(C)CC1C. The molecule has 0 bridgehead atoms. The predicted molar refractivity (Wildman–Crippen MR) is 74.7 cm³/mol. The van der Waals surface area contributed by atoms with Gasteiger partial charge in [-0.2, -0.15) is 0 Å². The van der Waals surface area contributed by atoms with Crippen molar-refractivity contribution in [2.45, 2.75) is 32.7 Å². The standard InChI is InChI=1S/C13H23N5/c1-4-11-12(14)15-9-16-13(11)18-7-5-6-17(3)8-10(18)2/h9-10H,4-8H2,1-3H3,(H2,14,15,16). The largest absolute Gasteiger partial charge is 0.383 e. The van der Waals surface area contributed by atoms with Crippen molar-refractivity contribution in [3.05, 3.63) is 11.9 Å². The van der Waals surface area contributed by atoms with E-state index in [1.807, 2.05) is 0 Å². The van der Waals surface area contributed by atoms with Crippen molar-refractivity contribution >= 4 is 11.6 Å². The van der Waals surface area contributed by atoms with E-state index in [9.17, 15) is 0 Å². The van der Waals surface area contributed by atoms with Crippen LogP contribution >= 0.6 is 0 Å². The maximum atomic E-state index is 5.96. The highest BCUT2D eigenvalue weighted by molar-refractivity contribution is 5.57. The lowest BCUT2D eigenvalue weighted by atomic mass is 10.1. The highest BCUT2D eigenvalue weighted by atomic mass is 15.3. The zero-order valence-corrected chi connectivity index (χ0v) is 11.6. The van der Waals surface area contributed by atoms with Gasteiger partial charge in [0.2, 0.25) is 0 Å². The van der Waals surface area contributed by atoms with Gasteiger partial charge in [-0.1, -0.05) is 6.92 Å². The van der Waals surface area contributed by atoms with Crippen molar-refractivity contribution in [1.82, 2.24) is 14.9 Å². The molecule has 1 atom stereocenters. The Bertz CT molecular complexity index is 406. The van der Waals surface area contributed by atoms with E-state index in [0.29, 0.717) is 11.9 Å². The Balaban J connectivity index is 2.32. The van der Waals surface area contributed by atoms with Crippen LogP contribution in [0.1, 0.15) is 25.8 Å². The molecule has 5 heteroatoms. The van der Waals surface area contributed by atoms with Crippen LogP contribution in [-0.4, -0.2) is 47.6 Å². The van der Waals surface area contributed by atoms with E-state index in [2.05, 4.69) is 40.7 Å². The fourth-order valence-electron chi connectivity index (χ4n) is 2.69. The molecule has 0 radical (unpaired) electrons. The normalized spacial score (nSPS) is 21.9. The number of nitrogen functional groups attached to an aromatic ring is 1. The fourth-order valence-corrected chi connectivity index (χ4v) is 2.69. The average Bonchev–Trinajstić information content (AvgIpc) is 2.49. The van der Waals surface area contributed by atoms with Gasteiger partial charge in [-0.25, -0.2) is 9.97 Å². The smallest absolute Gasteiger partial charge is 0.137 e. The third-order valence-electron chi connectivity index (χ3n) is 3.63. The molecule has 1 aromatic rings. The first-order valence-electron chi connectivity index (χ1n) is 6.68. The van der Waals surface area contributed by atoms with Gasteiger partial charge in [0.1, 0.15) is 18.0 Å². The molecule has 1 aliphatic heterocycles. The van der Waals surface area contributed by atoms with Crippen molar-refractivity contribution in [3.8, 4) is 0 Å². The number of aromatic nitrogens is 2. The molecule has 0 amide bonds. The summed E-state index contributed by atoms with van der Waals surface area (Å²) in [6.45, 7) is 7.59. The number of hydrogen-bond acceptors (Lipinski definition) is 5. The first-order chi connectivity index (χ1) is 8.63. The van der Waals surface area contributed by atoms with Gasteiger partial charge in [0, 0.05) is 24.7 Å². The van der Waals surface area contributed by atoms with Crippen LogP contribution in [0, 0.1) is 0 Å². The van der Waals surface area contributed by atoms with Crippen LogP contribution in [0.3, 0.4) is 0 Å². The summed E-state index contributed by atoms with van der Waals surface area (Å²) in [5.41, 5.74) is 7.04. The number of nitrogens with two attached hydrogens (primary N) is 1. The van der Waals surface area contributed by atoms with Gasteiger partial charge < -0.3 is 15.5 Å². The van der Waals surface area contributed by atoms with E-state index in [4.69, 9.17) is 5.73 Å². The van der Waals surface area contributed by atoms with Crippen molar-refractivity contribution in [2.24, 2.45) is 0 Å². The molecular formula is C13H23N5. The summed E-state index contributed by atoms with van der Waals surface area (Å²) < 4.78 is 0. The lowest BCUT2D eigenvalue weighted by Gasteiger charge is -2.30. The molecule has 1 saturated heterocycles. The van der Waals surface area contributed by atoms with E-state index < -0.39 is 0 Å². The first-order valence-corrected chi connectivity index (χ1v) is 6.68. The van der Waals surface area contributed by atoms with E-state index >= 15 is 0 Å². The molecule has 2 rings (SSSR count). The van der Waals surface area contributed by atoms with E-state index in [-0.39, 0.29) is 0 Å². The molecule has 1 aliphatic rings. The quantitative estimate of drug-likeness (QED) is 0.852. The maximum Gasteiger partial charge on any atom is 0.137 e. The molecule has 1 aromatic heterocycles. The molecular weight excluding hydrogens is 226 g/mol. The highest BCUT2D eigenvalue weighted by Gasteiger charge is 2.23. The lowest BCUT2D eigenvalue weighted by molar-refractivity contribution is 0.337. The fraction of sp³-hybridized carbons (Fsp3) is 0.692. The number of rotatable bonds is 2. The topological polar surface area (TPSA) is 58.3 Å². The molecule has 1 unspecified atom stereocenters. The molecule has 0 aromatic carbocycles. The summed E-state index contributed by atoms with van der Waals surface area (Å²) >= 11 is 0. The Morgan fingerprint density at radius 1 is 1.39 bits per heavy atom. The average molecular weight is 249 g/mol. The molecule has 2 N–H and O–H groups in total. The molecule has 18 heavy (non-hydrogen) atoms. The molecule has 0 saturated carbocycles. The van der Waals surface area contributed by atoms with Gasteiger partial charge in [0.25, 0.3) is 0 Å². The van der Waals surface area contributed by atoms with Crippen LogP contribution in [0.5, 0.6) is 0 Å². The third kappa shape index (κ3) is 2.56. The van der Waals surface area contributed by atoms with Crippen LogP contribution in [-0.2, 0) is 6.42 Å². The lowest BCUT2D eigenvalue weighted by Crippen LogP contribution is -2.39. The third-order valence-corrected chi connectivity index (χ3v) is 3.63. The zero-order chi connectivity index (χ0) is 13.1. The van der Waals surface area contributed by atoms with Crippen LogP contribution in [0.2, 0.25) is 0 Å². The minimum Gasteiger partial charge on any atom is -0.383 e. The van der Waals surface area contributed by atoms with Crippen LogP contribution in [0.15, 0.2) is 6.33 Å². The van der Waals surface area contributed by atoms with Crippen molar-refractivity contribution < 1.29 is 0 Å². The minimum atomic E-state index is 0.456. The van der Waals surface area contributed by atoms with Crippen LogP contribution in [0.4, 0.5) is 11.6 Å². The monoisotopic (exact) mass is 249 g/mol. The Morgan fingerprint density at radius 3 is 2.89 bits per heavy atom. The molecule has 2 heterocycles. The van der Waals surface area contributed by atoms with E-state index in [1.165, 1.54) is 0 Å². The Labute approximate surface area is 109 Å². The van der Waals surface area contributed by atoms with E-state index in [0.717, 1.165) is 43.9 Å². The van der Waals surface area contributed by atoms with Gasteiger partial charge in [0.15, 0.2) is 0 Å². The molecule has 0 aliphatic carbocycles. The van der Waals surface area contributed by atoms with Gasteiger partial charge >= 0.3 is 0 Å². The molecule has 0 spiro atoms. The number of hydrogen-bond donors (Lipinski definition) is 1. The van der Waals surface area contributed by atoms with E-state index in [1.54, 1.807) is 6.33 Å². The summed E-state index contributed by atoms with van der Waals surface area (Å²) in [5.74, 6) is 1.64. The molecule has 5 nitrogen and oxygen atoms in total. The summed E-state index contributed by atoms with van der Waals surface area (Å²) in [5, 5.41) is 0. The maximum absolute atomic E-state index is 5.96. The Kier molecular flexibility index (Phi) is 4.01. The molecule has 100 valence electrons. The summed E-state index contributed by atoms with van der Waals surface area (Å²) in [7, 11) is 2.18. The summed E-state index contributed by atoms with van der Waals surface area (Å²) in [6, 6.07) is 0.456. The van der Waals surface area contributed by atoms with Gasteiger partial charge in [-0.15, -0.1) is 0 Å². The minimum absolute atomic E-state index is 0.456. The van der Waals surface area contributed by atoms with Crippen molar-refractivity contribution in [3.63, 3.8) is 0 Å². The predicted octanol–water partition coefficient (Wildman–Crippen LogP) is 1.15. The number of anilines is 2. The zero-order valence-electron chi connectivity index (χ0n) is 11.6. The Morgan fingerprint density at radius 2 is 2.17 bits per heavy atom. The first kappa shape index (κ1) is 13.1. The molecule has 1 fully saturated rings. The van der Waals surface area contributed by atoms with Gasteiger partial charge in [-0.3, -0.25) is 0 Å². The second-order valence-corrected chi connectivity index (χ2v) is 5.07. The van der Waals surface area contributed by atoms with Crippen LogP contribution in [0.25, 0.3) is 0 Å². The number of nitrogens with zero attached hydrogens (tertiary/aromatic N) is 4. The van der Waals surface area contributed by atoms with Crippen LogP contribution < -0.4 is 10.6 Å². The van der Waals surface area contributed by atoms with Crippen molar-refractivity contribution in [1.29, 1.82) is 0 Å². The second-order valence-electron chi connectivity index (χ2n) is 5.07. The summed E-state index contributed by atoms with van der Waals surface area (Å²) in [6.07, 6.45) is 3.61. The Hall–Kier alpha value is -1.36. The van der Waals surface area contributed by atoms with Gasteiger partial charge in [0.05, 0.1) is 0 Å². The summed E-state index contributed by atoms with van der Waals surface area (Å²) in [4.78, 5) is 13.3. The van der Waals surface area contributed by atoms with Gasteiger partial charge in [-0.05, 0) is 33.4 Å². The highest BCUT2D eigenvalue weighted by Crippen LogP contribution is 2.25. The second kappa shape index (κ2) is 5.52. The number of likely N-dealkylation sites (N-methyl/N-ethyl adjacent to an activating group) is 1. The van der Waals surface area contributed by atoms with Crippen molar-refractivity contribution in [2.75, 3.05) is 37.3 Å².